The SMILES string of the molecule is CCCCOC(=O)c1cc(F)c(Cl)nc1Cl. The summed E-state index contributed by atoms with van der Waals surface area (Å²) in [6.45, 7) is 2.24. The van der Waals surface area contributed by atoms with Gasteiger partial charge in [-0.15, -0.1) is 0 Å². The molecule has 0 unspecified atom stereocenters. The number of unbranched alkanes of at least 4 members (excludes halogenated alkanes) is 1. The molecule has 0 N–H and O–H groups in total. The van der Waals surface area contributed by atoms with Crippen molar-refractivity contribution >= 4 is 29.2 Å². The van der Waals surface area contributed by atoms with E-state index < -0.39 is 11.8 Å². The number of ether oxygens (including phenoxy) is 1. The maximum absolute atomic E-state index is 13.0. The van der Waals surface area contributed by atoms with Crippen molar-refractivity contribution in [3.8, 4) is 0 Å². The first-order chi connectivity index (χ1) is 7.56. The van der Waals surface area contributed by atoms with Crippen molar-refractivity contribution in [2.75, 3.05) is 6.61 Å². The molecule has 1 heterocycles. The van der Waals surface area contributed by atoms with E-state index in [9.17, 15) is 9.18 Å². The summed E-state index contributed by atoms with van der Waals surface area (Å²) < 4.78 is 17.9. The van der Waals surface area contributed by atoms with E-state index in [0.717, 1.165) is 18.9 Å². The Labute approximate surface area is 103 Å². The Kier molecular flexibility index (Phi) is 4.96. The Balaban J connectivity index is 2.79. The average Bonchev–Trinajstić information content (AvgIpc) is 2.23. The fraction of sp³-hybridized carbons (Fsp3) is 0.400. The average molecular weight is 266 g/mol. The summed E-state index contributed by atoms with van der Waals surface area (Å²) in [4.78, 5) is 14.9. The van der Waals surface area contributed by atoms with E-state index in [2.05, 4.69) is 4.98 Å². The Morgan fingerprint density at radius 2 is 2.19 bits per heavy atom. The lowest BCUT2D eigenvalue weighted by Gasteiger charge is -2.05. The molecule has 16 heavy (non-hydrogen) atoms. The number of rotatable bonds is 4. The zero-order valence-corrected chi connectivity index (χ0v) is 10.1. The van der Waals surface area contributed by atoms with Crippen molar-refractivity contribution in [3.63, 3.8) is 0 Å². The lowest BCUT2D eigenvalue weighted by atomic mass is 10.3. The molecule has 1 aromatic heterocycles. The van der Waals surface area contributed by atoms with Crippen LogP contribution >= 0.6 is 23.2 Å². The molecule has 0 aliphatic heterocycles. The summed E-state index contributed by atoms with van der Waals surface area (Å²) in [5.74, 6) is -1.49. The number of nitrogens with zero attached hydrogens (tertiary/aromatic N) is 1. The van der Waals surface area contributed by atoms with Crippen LogP contribution in [0.4, 0.5) is 4.39 Å². The second-order valence-corrected chi connectivity index (χ2v) is 3.80. The van der Waals surface area contributed by atoms with Gasteiger partial charge in [-0.1, -0.05) is 36.5 Å². The third-order valence-electron chi connectivity index (χ3n) is 1.84. The highest BCUT2D eigenvalue weighted by molar-refractivity contribution is 6.34. The van der Waals surface area contributed by atoms with Gasteiger partial charge in [0, 0.05) is 0 Å². The van der Waals surface area contributed by atoms with E-state index in [1.165, 1.54) is 0 Å². The second kappa shape index (κ2) is 6.01. The van der Waals surface area contributed by atoms with Crippen molar-refractivity contribution in [2.45, 2.75) is 19.8 Å². The molecule has 1 rings (SSSR count). The van der Waals surface area contributed by atoms with Crippen LogP contribution in [0.2, 0.25) is 10.3 Å². The molecule has 0 fully saturated rings. The highest BCUT2D eigenvalue weighted by Crippen LogP contribution is 2.20. The molecule has 0 radical (unpaired) electrons. The number of hydrogen-bond donors (Lipinski definition) is 0. The fourth-order valence-corrected chi connectivity index (χ4v) is 1.37. The lowest BCUT2D eigenvalue weighted by Crippen LogP contribution is -2.08. The fourth-order valence-electron chi connectivity index (χ4n) is 0.976. The number of carbonyl (C=O) groups is 1. The van der Waals surface area contributed by atoms with Crippen LogP contribution in [0.3, 0.4) is 0 Å². The van der Waals surface area contributed by atoms with Gasteiger partial charge >= 0.3 is 5.97 Å². The molecule has 1 aromatic rings. The minimum atomic E-state index is -0.798. The van der Waals surface area contributed by atoms with Gasteiger partial charge in [-0.25, -0.2) is 14.2 Å². The molecule has 88 valence electrons. The minimum absolute atomic E-state index is 0.111. The Morgan fingerprint density at radius 3 is 2.81 bits per heavy atom. The highest BCUT2D eigenvalue weighted by Gasteiger charge is 2.16. The van der Waals surface area contributed by atoms with Gasteiger partial charge in [-0.05, 0) is 12.5 Å². The predicted octanol–water partition coefficient (Wildman–Crippen LogP) is 3.48. The molecule has 6 heteroatoms. The number of esters is 1. The van der Waals surface area contributed by atoms with Crippen LogP contribution in [0.25, 0.3) is 0 Å². The van der Waals surface area contributed by atoms with Gasteiger partial charge in [-0.3, -0.25) is 0 Å². The predicted molar refractivity (Wildman–Crippen MR) is 59.4 cm³/mol. The summed E-state index contributed by atoms with van der Waals surface area (Å²) >= 11 is 11.0. The van der Waals surface area contributed by atoms with E-state index >= 15 is 0 Å². The molecule has 3 nitrogen and oxygen atoms in total. The van der Waals surface area contributed by atoms with E-state index in [4.69, 9.17) is 27.9 Å². The van der Waals surface area contributed by atoms with Gasteiger partial charge in [-0.2, -0.15) is 0 Å². The number of aromatic nitrogens is 1. The zero-order valence-electron chi connectivity index (χ0n) is 8.60. The maximum Gasteiger partial charge on any atom is 0.341 e. The number of halogens is 3. The van der Waals surface area contributed by atoms with E-state index in [1.807, 2.05) is 6.92 Å². The molecule has 0 atom stereocenters. The highest BCUT2D eigenvalue weighted by atomic mass is 35.5. The Hall–Kier alpha value is -0.870. The van der Waals surface area contributed by atoms with Crippen LogP contribution in [-0.2, 0) is 4.74 Å². The summed E-state index contributed by atoms with van der Waals surface area (Å²) in [5.41, 5.74) is -0.111. The molecule has 0 saturated carbocycles. The lowest BCUT2D eigenvalue weighted by molar-refractivity contribution is 0.0499. The quantitative estimate of drug-likeness (QED) is 0.475. The van der Waals surface area contributed by atoms with Gasteiger partial charge in [0.1, 0.15) is 5.15 Å². The van der Waals surface area contributed by atoms with Gasteiger partial charge in [0.2, 0.25) is 0 Å². The van der Waals surface area contributed by atoms with Gasteiger partial charge in [0.05, 0.1) is 12.2 Å². The number of carbonyl (C=O) groups excluding carboxylic acids is 1. The standard InChI is InChI=1S/C10H10Cl2FNO2/c1-2-3-4-16-10(15)6-5-7(13)9(12)14-8(6)11/h5H,2-4H2,1H3. The van der Waals surface area contributed by atoms with E-state index in [-0.39, 0.29) is 22.5 Å². The summed E-state index contributed by atoms with van der Waals surface area (Å²) in [6, 6.07) is 0.923. The molecule has 0 bridgehead atoms. The molecule has 0 saturated heterocycles. The van der Waals surface area contributed by atoms with Gasteiger partial charge < -0.3 is 4.74 Å². The molecule has 0 aliphatic carbocycles. The van der Waals surface area contributed by atoms with Crippen LogP contribution in [-0.4, -0.2) is 17.6 Å². The van der Waals surface area contributed by atoms with Crippen molar-refractivity contribution in [2.24, 2.45) is 0 Å². The van der Waals surface area contributed by atoms with Crippen LogP contribution in [0.5, 0.6) is 0 Å². The summed E-state index contributed by atoms with van der Waals surface area (Å²) in [7, 11) is 0. The molecule has 0 spiro atoms. The second-order valence-electron chi connectivity index (χ2n) is 3.09. The Bertz CT molecular complexity index is 399. The van der Waals surface area contributed by atoms with Gasteiger partial charge in [0.15, 0.2) is 11.0 Å². The van der Waals surface area contributed by atoms with Crippen molar-refractivity contribution in [3.05, 3.63) is 27.8 Å². The van der Waals surface area contributed by atoms with Crippen LogP contribution in [0, 0.1) is 5.82 Å². The third kappa shape index (κ3) is 3.32. The largest absolute Gasteiger partial charge is 0.462 e. The first-order valence-electron chi connectivity index (χ1n) is 4.75. The van der Waals surface area contributed by atoms with Crippen molar-refractivity contribution in [1.29, 1.82) is 0 Å². The van der Waals surface area contributed by atoms with Crippen LogP contribution in [0.15, 0.2) is 6.07 Å². The molecule has 0 aromatic carbocycles. The molecule has 0 aliphatic rings. The van der Waals surface area contributed by atoms with Crippen molar-refractivity contribution in [1.82, 2.24) is 4.98 Å². The number of pyridine rings is 1. The number of hydrogen-bond acceptors (Lipinski definition) is 3. The Morgan fingerprint density at radius 1 is 1.50 bits per heavy atom. The molecular formula is C10H10Cl2FNO2. The molecule has 0 amide bonds. The zero-order chi connectivity index (χ0) is 12.1. The first-order valence-corrected chi connectivity index (χ1v) is 5.50. The van der Waals surface area contributed by atoms with Crippen LogP contribution in [0.1, 0.15) is 30.1 Å². The normalized spacial score (nSPS) is 10.2. The third-order valence-corrected chi connectivity index (χ3v) is 2.39. The van der Waals surface area contributed by atoms with E-state index in [0.29, 0.717) is 0 Å². The van der Waals surface area contributed by atoms with Crippen LogP contribution < -0.4 is 0 Å². The van der Waals surface area contributed by atoms with E-state index in [1.54, 1.807) is 0 Å². The smallest absolute Gasteiger partial charge is 0.341 e. The first kappa shape index (κ1) is 13.2. The summed E-state index contributed by atoms with van der Waals surface area (Å²) in [5, 5.41) is -0.525. The topological polar surface area (TPSA) is 39.2 Å². The molecular weight excluding hydrogens is 256 g/mol. The maximum atomic E-state index is 13.0. The van der Waals surface area contributed by atoms with Crippen molar-refractivity contribution < 1.29 is 13.9 Å². The monoisotopic (exact) mass is 265 g/mol. The summed E-state index contributed by atoms with van der Waals surface area (Å²) in [6.07, 6.45) is 1.64. The minimum Gasteiger partial charge on any atom is -0.462 e. The van der Waals surface area contributed by atoms with Gasteiger partial charge in [0.25, 0.3) is 0 Å².